The van der Waals surface area contributed by atoms with Gasteiger partial charge in [0.1, 0.15) is 0 Å². The number of hydrogen-bond donors (Lipinski definition) is 1. The van der Waals surface area contributed by atoms with E-state index in [0.29, 0.717) is 0 Å². The molecule has 0 aliphatic carbocycles. The summed E-state index contributed by atoms with van der Waals surface area (Å²) in [6.07, 6.45) is 8.52. The molecule has 0 aromatic carbocycles. The molecule has 0 spiro atoms. The zero-order valence-electron chi connectivity index (χ0n) is 9.64. The van der Waals surface area contributed by atoms with E-state index in [1.54, 1.807) is 12.4 Å². The first-order valence-corrected chi connectivity index (χ1v) is 5.49. The molecular weight excluding hydrogens is 200 g/mol. The minimum Gasteiger partial charge on any atom is -0.324 e. The average Bonchev–Trinajstić information content (AvgIpc) is 2.66. The highest BCUT2D eigenvalue weighted by Gasteiger charge is 2.02. The van der Waals surface area contributed by atoms with Gasteiger partial charge in [-0.05, 0) is 25.0 Å². The Morgan fingerprint density at radius 2 is 2.25 bits per heavy atom. The summed E-state index contributed by atoms with van der Waals surface area (Å²) in [4.78, 5) is 8.42. The van der Waals surface area contributed by atoms with Crippen LogP contribution in [-0.4, -0.2) is 14.5 Å². The maximum atomic E-state index is 4.28. The molecule has 4 nitrogen and oxygen atoms in total. The normalized spacial score (nSPS) is 10.4. The molecule has 0 unspecified atom stereocenters. The Morgan fingerprint density at radius 3 is 3.00 bits per heavy atom. The van der Waals surface area contributed by atoms with Crippen LogP contribution in [0.4, 0.5) is 11.6 Å². The summed E-state index contributed by atoms with van der Waals surface area (Å²) in [6, 6.07) is 2.05. The van der Waals surface area contributed by atoms with Gasteiger partial charge in [0.15, 0.2) is 0 Å². The molecule has 2 rings (SSSR count). The quantitative estimate of drug-likeness (QED) is 0.854. The van der Waals surface area contributed by atoms with E-state index >= 15 is 0 Å². The van der Waals surface area contributed by atoms with Gasteiger partial charge in [0.25, 0.3) is 0 Å². The Balaban J connectivity index is 2.17. The van der Waals surface area contributed by atoms with Crippen molar-refractivity contribution in [2.75, 3.05) is 5.32 Å². The number of nitrogens with one attached hydrogen (secondary N) is 1. The molecule has 1 N–H and O–H groups in total. The standard InChI is InChI=1S/C12H16N4/c1-3-5-16-6-4-14-12(16)15-11-7-10(2)8-13-9-11/h4,6-9H,3,5H2,1-2H3,(H,14,15). The number of hydrogen-bond acceptors (Lipinski definition) is 3. The van der Waals surface area contributed by atoms with Crippen molar-refractivity contribution in [1.82, 2.24) is 14.5 Å². The van der Waals surface area contributed by atoms with Crippen LogP contribution in [0.3, 0.4) is 0 Å². The van der Waals surface area contributed by atoms with Gasteiger partial charge in [0, 0.05) is 25.1 Å². The maximum absolute atomic E-state index is 4.28. The highest BCUT2D eigenvalue weighted by molar-refractivity contribution is 5.52. The number of rotatable bonds is 4. The van der Waals surface area contributed by atoms with E-state index in [-0.39, 0.29) is 0 Å². The first kappa shape index (κ1) is 10.7. The highest BCUT2D eigenvalue weighted by Crippen LogP contribution is 2.14. The van der Waals surface area contributed by atoms with Crippen LogP contribution >= 0.6 is 0 Å². The van der Waals surface area contributed by atoms with Crippen LogP contribution in [0.15, 0.2) is 30.9 Å². The van der Waals surface area contributed by atoms with Gasteiger partial charge in [-0.2, -0.15) is 0 Å². The number of aromatic nitrogens is 3. The third-order valence-electron chi connectivity index (χ3n) is 2.31. The van der Waals surface area contributed by atoms with Crippen molar-refractivity contribution in [2.24, 2.45) is 0 Å². The molecule has 0 aliphatic heterocycles. The Bertz CT molecular complexity index is 462. The second-order valence-corrected chi connectivity index (χ2v) is 3.82. The van der Waals surface area contributed by atoms with Crippen LogP contribution in [0.5, 0.6) is 0 Å². The molecule has 0 fully saturated rings. The van der Waals surface area contributed by atoms with Crippen molar-refractivity contribution in [2.45, 2.75) is 26.8 Å². The van der Waals surface area contributed by atoms with Crippen LogP contribution in [0.25, 0.3) is 0 Å². The van der Waals surface area contributed by atoms with Gasteiger partial charge < -0.3 is 9.88 Å². The zero-order chi connectivity index (χ0) is 11.4. The fourth-order valence-corrected chi connectivity index (χ4v) is 1.61. The number of nitrogens with zero attached hydrogens (tertiary/aromatic N) is 3. The minimum atomic E-state index is 0.870. The Labute approximate surface area is 95.4 Å². The summed E-state index contributed by atoms with van der Waals surface area (Å²) in [5.41, 5.74) is 2.11. The van der Waals surface area contributed by atoms with E-state index in [0.717, 1.165) is 30.2 Å². The highest BCUT2D eigenvalue weighted by atomic mass is 15.2. The van der Waals surface area contributed by atoms with Crippen LogP contribution in [0.2, 0.25) is 0 Å². The summed E-state index contributed by atoms with van der Waals surface area (Å²) < 4.78 is 2.10. The first-order valence-electron chi connectivity index (χ1n) is 5.49. The van der Waals surface area contributed by atoms with Crippen LogP contribution in [0, 0.1) is 6.92 Å². The minimum absolute atomic E-state index is 0.870. The summed E-state index contributed by atoms with van der Waals surface area (Å²) in [7, 11) is 0. The van der Waals surface area contributed by atoms with E-state index in [9.17, 15) is 0 Å². The lowest BCUT2D eigenvalue weighted by Crippen LogP contribution is -2.03. The van der Waals surface area contributed by atoms with Gasteiger partial charge >= 0.3 is 0 Å². The number of pyridine rings is 1. The Morgan fingerprint density at radius 1 is 1.38 bits per heavy atom. The monoisotopic (exact) mass is 216 g/mol. The SMILES string of the molecule is CCCn1ccnc1Nc1cncc(C)c1. The van der Waals surface area contributed by atoms with E-state index in [2.05, 4.69) is 32.8 Å². The molecular formula is C12H16N4. The van der Waals surface area contributed by atoms with Gasteiger partial charge in [-0.1, -0.05) is 6.92 Å². The first-order chi connectivity index (χ1) is 7.79. The number of aryl methyl sites for hydroxylation is 2. The van der Waals surface area contributed by atoms with Gasteiger partial charge in [-0.25, -0.2) is 4.98 Å². The molecule has 0 saturated carbocycles. The van der Waals surface area contributed by atoms with E-state index < -0.39 is 0 Å². The molecule has 0 atom stereocenters. The van der Waals surface area contributed by atoms with Crippen LogP contribution < -0.4 is 5.32 Å². The largest absolute Gasteiger partial charge is 0.324 e. The molecule has 2 aromatic rings. The van der Waals surface area contributed by atoms with Crippen molar-refractivity contribution in [1.29, 1.82) is 0 Å². The van der Waals surface area contributed by atoms with Crippen molar-refractivity contribution in [3.8, 4) is 0 Å². The molecule has 4 heteroatoms. The third kappa shape index (κ3) is 2.39. The van der Waals surface area contributed by atoms with Crippen molar-refractivity contribution in [3.63, 3.8) is 0 Å². The van der Waals surface area contributed by atoms with Crippen LogP contribution in [-0.2, 0) is 6.54 Å². The van der Waals surface area contributed by atoms with Gasteiger partial charge in [0.2, 0.25) is 5.95 Å². The number of anilines is 2. The smallest absolute Gasteiger partial charge is 0.207 e. The fraction of sp³-hybridized carbons (Fsp3) is 0.333. The van der Waals surface area contributed by atoms with E-state index in [4.69, 9.17) is 0 Å². The van der Waals surface area contributed by atoms with Gasteiger partial charge in [-0.3, -0.25) is 4.98 Å². The summed E-state index contributed by atoms with van der Waals surface area (Å²) >= 11 is 0. The molecule has 0 radical (unpaired) electrons. The predicted octanol–water partition coefficient (Wildman–Crippen LogP) is 2.74. The van der Waals surface area contributed by atoms with Crippen molar-refractivity contribution in [3.05, 3.63) is 36.4 Å². The van der Waals surface area contributed by atoms with Crippen LogP contribution in [0.1, 0.15) is 18.9 Å². The van der Waals surface area contributed by atoms with Gasteiger partial charge in [-0.15, -0.1) is 0 Å². The van der Waals surface area contributed by atoms with E-state index in [1.807, 2.05) is 19.3 Å². The molecule has 0 bridgehead atoms. The second kappa shape index (κ2) is 4.79. The lowest BCUT2D eigenvalue weighted by molar-refractivity contribution is 0.686. The predicted molar refractivity (Wildman–Crippen MR) is 64.8 cm³/mol. The second-order valence-electron chi connectivity index (χ2n) is 3.82. The molecule has 0 saturated heterocycles. The maximum Gasteiger partial charge on any atom is 0.207 e. The van der Waals surface area contributed by atoms with Crippen molar-refractivity contribution < 1.29 is 0 Å². The lowest BCUT2D eigenvalue weighted by Gasteiger charge is -2.08. The summed E-state index contributed by atoms with van der Waals surface area (Å²) in [5, 5.41) is 3.27. The third-order valence-corrected chi connectivity index (χ3v) is 2.31. The molecule has 2 heterocycles. The Kier molecular flexibility index (Phi) is 3.19. The lowest BCUT2D eigenvalue weighted by atomic mass is 10.3. The number of imidazole rings is 1. The molecule has 2 aromatic heterocycles. The molecule has 0 amide bonds. The fourth-order valence-electron chi connectivity index (χ4n) is 1.61. The summed E-state index contributed by atoms with van der Waals surface area (Å²) in [5.74, 6) is 0.870. The average molecular weight is 216 g/mol. The molecule has 0 aliphatic rings. The van der Waals surface area contributed by atoms with Crippen molar-refractivity contribution >= 4 is 11.6 Å². The molecule has 84 valence electrons. The zero-order valence-corrected chi connectivity index (χ0v) is 9.64. The molecule has 16 heavy (non-hydrogen) atoms. The van der Waals surface area contributed by atoms with E-state index in [1.165, 1.54) is 0 Å². The summed E-state index contributed by atoms with van der Waals surface area (Å²) in [6.45, 7) is 5.15. The topological polar surface area (TPSA) is 42.7 Å². The Hall–Kier alpha value is -1.84. The van der Waals surface area contributed by atoms with Gasteiger partial charge in [0.05, 0.1) is 11.9 Å².